The van der Waals surface area contributed by atoms with Gasteiger partial charge in [0.1, 0.15) is 5.82 Å². The summed E-state index contributed by atoms with van der Waals surface area (Å²) in [7, 11) is 0. The van der Waals surface area contributed by atoms with Gasteiger partial charge in [0.15, 0.2) is 0 Å². The van der Waals surface area contributed by atoms with Crippen LogP contribution in [-0.2, 0) is 14.3 Å². The number of nitrogens with one attached hydrogen (secondary N) is 1. The van der Waals surface area contributed by atoms with E-state index >= 15 is 0 Å². The standard InChI is InChI=1S/C15H23FN2O3/c1-2-3-7-20-9-10-21-8-6-15(19)18-14-11-12(17)4-5-13(14)16/h4-5,11H,2-3,6-10,17H2,1H3,(H,18,19). The SMILES string of the molecule is CCCCOCCOCCC(=O)Nc1cc(N)ccc1F. The van der Waals surface area contributed by atoms with Gasteiger partial charge in [0.25, 0.3) is 0 Å². The third-order valence-electron chi connectivity index (χ3n) is 2.75. The lowest BCUT2D eigenvalue weighted by molar-refractivity contribution is -0.117. The van der Waals surface area contributed by atoms with Crippen LogP contribution >= 0.6 is 0 Å². The topological polar surface area (TPSA) is 73.6 Å². The Morgan fingerprint density at radius 1 is 1.24 bits per heavy atom. The Balaban J connectivity index is 2.13. The van der Waals surface area contributed by atoms with Crippen LogP contribution in [0, 0.1) is 5.82 Å². The number of carbonyl (C=O) groups is 1. The van der Waals surface area contributed by atoms with Crippen LogP contribution in [0.5, 0.6) is 0 Å². The van der Waals surface area contributed by atoms with Gasteiger partial charge in [0, 0.05) is 12.3 Å². The van der Waals surface area contributed by atoms with Crippen LogP contribution in [-0.4, -0.2) is 32.3 Å². The molecule has 1 amide bonds. The molecule has 0 radical (unpaired) electrons. The Labute approximate surface area is 124 Å². The summed E-state index contributed by atoms with van der Waals surface area (Å²) in [4.78, 5) is 11.6. The van der Waals surface area contributed by atoms with Gasteiger partial charge in [0.2, 0.25) is 5.91 Å². The Morgan fingerprint density at radius 3 is 2.67 bits per heavy atom. The number of hydrogen-bond acceptors (Lipinski definition) is 4. The minimum absolute atomic E-state index is 0.0860. The molecule has 0 saturated heterocycles. The van der Waals surface area contributed by atoms with Crippen molar-refractivity contribution in [3.63, 3.8) is 0 Å². The van der Waals surface area contributed by atoms with Crippen molar-refractivity contribution in [1.29, 1.82) is 0 Å². The van der Waals surface area contributed by atoms with Crippen LogP contribution in [0.4, 0.5) is 15.8 Å². The molecular formula is C15H23FN2O3. The number of nitrogens with two attached hydrogens (primary N) is 1. The Kier molecular flexibility index (Phi) is 8.38. The van der Waals surface area contributed by atoms with E-state index in [0.29, 0.717) is 18.9 Å². The van der Waals surface area contributed by atoms with Gasteiger partial charge in [-0.05, 0) is 24.6 Å². The van der Waals surface area contributed by atoms with Crippen molar-refractivity contribution in [1.82, 2.24) is 0 Å². The number of nitrogen functional groups attached to an aromatic ring is 1. The van der Waals surface area contributed by atoms with Crippen molar-refractivity contribution in [3.05, 3.63) is 24.0 Å². The minimum Gasteiger partial charge on any atom is -0.399 e. The average molecular weight is 298 g/mol. The molecule has 0 fully saturated rings. The van der Waals surface area contributed by atoms with Gasteiger partial charge in [-0.15, -0.1) is 0 Å². The molecule has 0 atom stereocenters. The van der Waals surface area contributed by atoms with Crippen LogP contribution in [0.15, 0.2) is 18.2 Å². The normalized spacial score (nSPS) is 10.6. The minimum atomic E-state index is -0.511. The molecular weight excluding hydrogens is 275 g/mol. The van der Waals surface area contributed by atoms with Crippen molar-refractivity contribution in [3.8, 4) is 0 Å². The van der Waals surface area contributed by atoms with E-state index in [1.54, 1.807) is 0 Å². The molecule has 0 aliphatic heterocycles. The van der Waals surface area contributed by atoms with Gasteiger partial charge in [0.05, 0.1) is 31.9 Å². The molecule has 1 rings (SSSR count). The number of unbranched alkanes of at least 4 members (excludes halogenated alkanes) is 1. The third kappa shape index (κ3) is 7.63. The van der Waals surface area contributed by atoms with E-state index in [1.165, 1.54) is 18.2 Å². The maximum absolute atomic E-state index is 13.4. The summed E-state index contributed by atoms with van der Waals surface area (Å²) in [6.07, 6.45) is 2.29. The second-order valence-electron chi connectivity index (χ2n) is 4.62. The van der Waals surface area contributed by atoms with Gasteiger partial charge >= 0.3 is 0 Å². The lowest BCUT2D eigenvalue weighted by Gasteiger charge is -2.08. The highest BCUT2D eigenvalue weighted by Crippen LogP contribution is 2.17. The molecule has 1 aromatic carbocycles. The number of anilines is 2. The van der Waals surface area contributed by atoms with Crippen molar-refractivity contribution in [2.24, 2.45) is 0 Å². The van der Waals surface area contributed by atoms with Gasteiger partial charge in [-0.25, -0.2) is 4.39 Å². The number of rotatable bonds is 10. The quantitative estimate of drug-likeness (QED) is 0.514. The lowest BCUT2D eigenvalue weighted by atomic mass is 10.2. The van der Waals surface area contributed by atoms with Crippen molar-refractivity contribution in [2.45, 2.75) is 26.2 Å². The first-order valence-electron chi connectivity index (χ1n) is 7.14. The first kappa shape index (κ1) is 17.4. The van der Waals surface area contributed by atoms with E-state index in [4.69, 9.17) is 15.2 Å². The van der Waals surface area contributed by atoms with Gasteiger partial charge < -0.3 is 20.5 Å². The largest absolute Gasteiger partial charge is 0.399 e. The molecule has 0 aliphatic rings. The summed E-state index contributed by atoms with van der Waals surface area (Å²) < 4.78 is 24.0. The Bertz CT molecular complexity index is 441. The predicted molar refractivity (Wildman–Crippen MR) is 80.6 cm³/mol. The zero-order valence-corrected chi connectivity index (χ0v) is 12.4. The van der Waals surface area contributed by atoms with E-state index in [-0.39, 0.29) is 24.6 Å². The molecule has 3 N–H and O–H groups in total. The fraction of sp³-hybridized carbons (Fsp3) is 0.533. The highest BCUT2D eigenvalue weighted by molar-refractivity contribution is 5.91. The number of ether oxygens (including phenoxy) is 2. The highest BCUT2D eigenvalue weighted by atomic mass is 19.1. The van der Waals surface area contributed by atoms with Crippen LogP contribution in [0.3, 0.4) is 0 Å². The fourth-order valence-electron chi connectivity index (χ4n) is 1.58. The zero-order valence-electron chi connectivity index (χ0n) is 12.4. The number of halogens is 1. The second-order valence-corrected chi connectivity index (χ2v) is 4.62. The van der Waals surface area contributed by atoms with Crippen molar-refractivity contribution in [2.75, 3.05) is 37.5 Å². The zero-order chi connectivity index (χ0) is 15.5. The number of hydrogen-bond donors (Lipinski definition) is 2. The van der Waals surface area contributed by atoms with E-state index < -0.39 is 5.82 Å². The molecule has 6 heteroatoms. The molecule has 0 saturated carbocycles. The van der Waals surface area contributed by atoms with E-state index in [2.05, 4.69) is 12.2 Å². The van der Waals surface area contributed by atoms with E-state index in [1.807, 2.05) is 0 Å². The summed E-state index contributed by atoms with van der Waals surface area (Å²) in [5.41, 5.74) is 6.02. The van der Waals surface area contributed by atoms with Crippen molar-refractivity contribution < 1.29 is 18.7 Å². The Hall–Kier alpha value is -1.66. The molecule has 21 heavy (non-hydrogen) atoms. The number of carbonyl (C=O) groups excluding carboxylic acids is 1. The van der Waals surface area contributed by atoms with Gasteiger partial charge in [-0.3, -0.25) is 4.79 Å². The molecule has 0 aromatic heterocycles. The van der Waals surface area contributed by atoms with Crippen LogP contribution in [0.1, 0.15) is 26.2 Å². The van der Waals surface area contributed by atoms with E-state index in [0.717, 1.165) is 19.4 Å². The first-order valence-corrected chi connectivity index (χ1v) is 7.14. The Morgan fingerprint density at radius 2 is 1.95 bits per heavy atom. The molecule has 1 aromatic rings. The maximum atomic E-state index is 13.4. The summed E-state index contributed by atoms with van der Waals surface area (Å²) in [6.45, 7) is 4.07. The summed E-state index contributed by atoms with van der Waals surface area (Å²) in [5.74, 6) is -0.825. The van der Waals surface area contributed by atoms with Gasteiger partial charge in [-0.2, -0.15) is 0 Å². The second kappa shape index (κ2) is 10.1. The molecule has 0 aliphatic carbocycles. The highest BCUT2D eigenvalue weighted by Gasteiger charge is 2.07. The van der Waals surface area contributed by atoms with E-state index in [9.17, 15) is 9.18 Å². The molecule has 0 spiro atoms. The molecule has 0 unspecified atom stereocenters. The number of benzene rings is 1. The monoisotopic (exact) mass is 298 g/mol. The molecule has 0 bridgehead atoms. The van der Waals surface area contributed by atoms with Crippen molar-refractivity contribution >= 4 is 17.3 Å². The maximum Gasteiger partial charge on any atom is 0.226 e. The summed E-state index contributed by atoms with van der Waals surface area (Å²) in [6, 6.07) is 4.04. The average Bonchev–Trinajstić information content (AvgIpc) is 2.46. The molecule has 118 valence electrons. The van der Waals surface area contributed by atoms with Crippen LogP contribution < -0.4 is 11.1 Å². The van der Waals surface area contributed by atoms with Crippen LogP contribution in [0.2, 0.25) is 0 Å². The summed E-state index contributed by atoms with van der Waals surface area (Å²) >= 11 is 0. The third-order valence-corrected chi connectivity index (χ3v) is 2.75. The first-order chi connectivity index (χ1) is 10.1. The molecule has 5 nitrogen and oxygen atoms in total. The van der Waals surface area contributed by atoms with Crippen LogP contribution in [0.25, 0.3) is 0 Å². The lowest BCUT2D eigenvalue weighted by Crippen LogP contribution is -2.16. The molecule has 0 heterocycles. The predicted octanol–water partition coefficient (Wildman–Crippen LogP) is 2.57. The summed E-state index contributed by atoms with van der Waals surface area (Å²) in [5, 5.41) is 2.46. The smallest absolute Gasteiger partial charge is 0.226 e. The number of amides is 1. The fourth-order valence-corrected chi connectivity index (χ4v) is 1.58. The van der Waals surface area contributed by atoms with Gasteiger partial charge in [-0.1, -0.05) is 13.3 Å².